The second-order valence-electron chi connectivity index (χ2n) is 6.92. The van der Waals surface area contributed by atoms with Crippen molar-refractivity contribution in [2.45, 2.75) is 45.4 Å². The average Bonchev–Trinajstić information content (AvgIpc) is 3.07. The first-order valence-electron chi connectivity index (χ1n) is 9.83. The molecule has 0 saturated carbocycles. The summed E-state index contributed by atoms with van der Waals surface area (Å²) in [4.78, 5) is 13.7. The standard InChI is InChI=1S/C20H26N4O3/c1-2-5-15-13-6-3-4-7-14(13)16-17-18(27-20(16)24-15)19(23-12-22-17)21-8-10-26-11-9-25/h12,25H,2-11H2,1H3,(H,21,22,23). The molecule has 0 saturated heterocycles. The van der Waals surface area contributed by atoms with Gasteiger partial charge >= 0.3 is 0 Å². The Morgan fingerprint density at radius 1 is 1.19 bits per heavy atom. The molecule has 3 heterocycles. The van der Waals surface area contributed by atoms with Gasteiger partial charge in [-0.15, -0.1) is 0 Å². The lowest BCUT2D eigenvalue weighted by Crippen LogP contribution is -2.12. The van der Waals surface area contributed by atoms with E-state index in [9.17, 15) is 0 Å². The second-order valence-corrected chi connectivity index (χ2v) is 6.92. The molecule has 1 aliphatic carbocycles. The molecule has 0 aromatic carbocycles. The first-order valence-corrected chi connectivity index (χ1v) is 9.83. The van der Waals surface area contributed by atoms with Gasteiger partial charge in [0.25, 0.3) is 0 Å². The van der Waals surface area contributed by atoms with Gasteiger partial charge in [0.05, 0.1) is 25.2 Å². The summed E-state index contributed by atoms with van der Waals surface area (Å²) >= 11 is 0. The topological polar surface area (TPSA) is 93.3 Å². The molecule has 3 aromatic rings. The van der Waals surface area contributed by atoms with E-state index in [1.807, 2.05) is 0 Å². The minimum atomic E-state index is 0.0260. The van der Waals surface area contributed by atoms with Crippen molar-refractivity contribution in [2.75, 3.05) is 31.7 Å². The lowest BCUT2D eigenvalue weighted by Gasteiger charge is -2.19. The van der Waals surface area contributed by atoms with E-state index in [0.717, 1.165) is 36.6 Å². The fourth-order valence-corrected chi connectivity index (χ4v) is 3.92. The number of furan rings is 1. The summed E-state index contributed by atoms with van der Waals surface area (Å²) in [6, 6.07) is 0. The van der Waals surface area contributed by atoms with Crippen LogP contribution in [-0.4, -0.2) is 46.4 Å². The van der Waals surface area contributed by atoms with Gasteiger partial charge < -0.3 is 19.6 Å². The van der Waals surface area contributed by atoms with Crippen LogP contribution in [0.1, 0.15) is 43.0 Å². The van der Waals surface area contributed by atoms with Crippen LogP contribution in [0, 0.1) is 0 Å². The quantitative estimate of drug-likeness (QED) is 0.589. The molecule has 7 nitrogen and oxygen atoms in total. The Labute approximate surface area is 158 Å². The van der Waals surface area contributed by atoms with Gasteiger partial charge in [-0.3, -0.25) is 0 Å². The summed E-state index contributed by atoms with van der Waals surface area (Å²) in [7, 11) is 0. The number of pyridine rings is 1. The highest BCUT2D eigenvalue weighted by Crippen LogP contribution is 2.37. The van der Waals surface area contributed by atoms with E-state index in [1.165, 1.54) is 29.7 Å². The normalized spacial score (nSPS) is 14.0. The van der Waals surface area contributed by atoms with Crippen LogP contribution in [0.3, 0.4) is 0 Å². The molecule has 27 heavy (non-hydrogen) atoms. The molecule has 0 atom stereocenters. The van der Waals surface area contributed by atoms with Crippen molar-refractivity contribution < 1.29 is 14.3 Å². The summed E-state index contributed by atoms with van der Waals surface area (Å²) in [5, 5.41) is 13.1. The van der Waals surface area contributed by atoms with E-state index in [-0.39, 0.29) is 6.61 Å². The lowest BCUT2D eigenvalue weighted by molar-refractivity contribution is 0.0992. The highest BCUT2D eigenvalue weighted by atomic mass is 16.5. The minimum Gasteiger partial charge on any atom is -0.432 e. The number of aromatic nitrogens is 3. The maximum Gasteiger partial charge on any atom is 0.229 e. The van der Waals surface area contributed by atoms with Crippen LogP contribution in [-0.2, 0) is 24.0 Å². The van der Waals surface area contributed by atoms with E-state index in [4.69, 9.17) is 19.2 Å². The van der Waals surface area contributed by atoms with Gasteiger partial charge in [-0.2, -0.15) is 0 Å². The van der Waals surface area contributed by atoms with Crippen molar-refractivity contribution in [1.82, 2.24) is 15.0 Å². The SMILES string of the molecule is CCCc1nc2oc3c(NCCOCCO)ncnc3c2c2c1CCCC2. The Morgan fingerprint density at radius 3 is 2.85 bits per heavy atom. The molecule has 4 rings (SSSR count). The number of fused-ring (bicyclic) bond motifs is 5. The number of nitrogens with zero attached hydrogens (tertiary/aromatic N) is 3. The molecular formula is C20H26N4O3. The van der Waals surface area contributed by atoms with Crippen molar-refractivity contribution in [3.05, 3.63) is 23.1 Å². The maximum atomic E-state index is 8.77. The predicted molar refractivity (Wildman–Crippen MR) is 104 cm³/mol. The largest absolute Gasteiger partial charge is 0.432 e. The first-order chi connectivity index (χ1) is 13.3. The highest BCUT2D eigenvalue weighted by molar-refractivity contribution is 6.06. The van der Waals surface area contributed by atoms with Gasteiger partial charge in [0.15, 0.2) is 11.4 Å². The fourth-order valence-electron chi connectivity index (χ4n) is 3.92. The van der Waals surface area contributed by atoms with E-state index in [1.54, 1.807) is 6.33 Å². The van der Waals surface area contributed by atoms with E-state index < -0.39 is 0 Å². The third kappa shape index (κ3) is 3.49. The van der Waals surface area contributed by atoms with Crippen LogP contribution in [0.15, 0.2) is 10.7 Å². The Balaban J connectivity index is 1.75. The van der Waals surface area contributed by atoms with Crippen molar-refractivity contribution >= 4 is 28.0 Å². The zero-order valence-electron chi connectivity index (χ0n) is 15.8. The zero-order valence-corrected chi connectivity index (χ0v) is 15.8. The Morgan fingerprint density at radius 2 is 2.04 bits per heavy atom. The smallest absolute Gasteiger partial charge is 0.229 e. The summed E-state index contributed by atoms with van der Waals surface area (Å²) in [5.41, 5.74) is 6.12. The van der Waals surface area contributed by atoms with E-state index in [0.29, 0.717) is 36.9 Å². The lowest BCUT2D eigenvalue weighted by atomic mass is 9.88. The molecule has 7 heteroatoms. The summed E-state index contributed by atoms with van der Waals surface area (Å²) < 4.78 is 11.4. The Hall–Kier alpha value is -2.25. The van der Waals surface area contributed by atoms with E-state index >= 15 is 0 Å². The molecule has 0 unspecified atom stereocenters. The number of nitrogens with one attached hydrogen (secondary N) is 1. The predicted octanol–water partition coefficient (Wildman–Crippen LogP) is 3.02. The molecule has 0 fully saturated rings. The summed E-state index contributed by atoms with van der Waals surface area (Å²) in [6.45, 7) is 3.61. The zero-order chi connectivity index (χ0) is 18.6. The molecule has 0 spiro atoms. The molecule has 0 radical (unpaired) electrons. The monoisotopic (exact) mass is 370 g/mol. The molecule has 2 N–H and O–H groups in total. The Kier molecular flexibility index (Phi) is 5.50. The highest BCUT2D eigenvalue weighted by Gasteiger charge is 2.24. The molecule has 0 aliphatic heterocycles. The number of hydrogen-bond acceptors (Lipinski definition) is 7. The molecule has 1 aliphatic rings. The number of aryl methyl sites for hydroxylation is 2. The molecular weight excluding hydrogens is 344 g/mol. The van der Waals surface area contributed by atoms with Crippen LogP contribution in [0.5, 0.6) is 0 Å². The third-order valence-electron chi connectivity index (χ3n) is 5.07. The molecule has 3 aromatic heterocycles. The number of anilines is 1. The van der Waals surface area contributed by atoms with Crippen LogP contribution in [0.4, 0.5) is 5.82 Å². The van der Waals surface area contributed by atoms with Crippen LogP contribution < -0.4 is 5.32 Å². The van der Waals surface area contributed by atoms with Crippen molar-refractivity contribution in [3.8, 4) is 0 Å². The van der Waals surface area contributed by atoms with Crippen molar-refractivity contribution in [1.29, 1.82) is 0 Å². The van der Waals surface area contributed by atoms with Crippen LogP contribution in [0.25, 0.3) is 22.2 Å². The fraction of sp³-hybridized carbons (Fsp3) is 0.550. The number of rotatable bonds is 8. The molecule has 0 amide bonds. The number of aliphatic hydroxyl groups is 1. The van der Waals surface area contributed by atoms with Gasteiger partial charge in [0, 0.05) is 12.2 Å². The third-order valence-corrected chi connectivity index (χ3v) is 5.07. The van der Waals surface area contributed by atoms with Crippen molar-refractivity contribution in [3.63, 3.8) is 0 Å². The van der Waals surface area contributed by atoms with Gasteiger partial charge in [-0.25, -0.2) is 15.0 Å². The molecule has 144 valence electrons. The molecule has 0 bridgehead atoms. The number of hydrogen-bond donors (Lipinski definition) is 2. The van der Waals surface area contributed by atoms with Crippen LogP contribution in [0.2, 0.25) is 0 Å². The summed E-state index contributed by atoms with van der Waals surface area (Å²) in [5.74, 6) is 0.659. The second kappa shape index (κ2) is 8.19. The minimum absolute atomic E-state index is 0.0260. The van der Waals surface area contributed by atoms with Gasteiger partial charge in [0.1, 0.15) is 11.8 Å². The maximum absolute atomic E-state index is 8.77. The van der Waals surface area contributed by atoms with Crippen molar-refractivity contribution in [2.24, 2.45) is 0 Å². The number of aliphatic hydroxyl groups excluding tert-OH is 1. The average molecular weight is 370 g/mol. The van der Waals surface area contributed by atoms with Gasteiger partial charge in [-0.1, -0.05) is 13.3 Å². The first kappa shape index (κ1) is 18.1. The Bertz CT molecular complexity index is 938. The number of ether oxygens (including phenoxy) is 1. The van der Waals surface area contributed by atoms with Gasteiger partial charge in [0.2, 0.25) is 5.71 Å². The van der Waals surface area contributed by atoms with Crippen LogP contribution >= 0.6 is 0 Å². The summed E-state index contributed by atoms with van der Waals surface area (Å²) in [6.07, 6.45) is 8.20. The van der Waals surface area contributed by atoms with Gasteiger partial charge in [-0.05, 0) is 43.2 Å². The van der Waals surface area contributed by atoms with E-state index in [2.05, 4.69) is 22.2 Å².